The van der Waals surface area contributed by atoms with Gasteiger partial charge in [-0.25, -0.2) is 4.21 Å². The van der Waals surface area contributed by atoms with Gasteiger partial charge in [-0.05, 0) is 71.2 Å². The molecular formula is C27H42NO3S2+. The van der Waals surface area contributed by atoms with Gasteiger partial charge in [0.25, 0.3) is 0 Å². The summed E-state index contributed by atoms with van der Waals surface area (Å²) in [6, 6.07) is 13.6. The summed E-state index contributed by atoms with van der Waals surface area (Å²) in [6.45, 7) is 14.7. The second kappa shape index (κ2) is 16.0. The molecule has 0 bridgehead atoms. The van der Waals surface area contributed by atoms with Gasteiger partial charge in [-0.3, -0.25) is 4.31 Å². The number of aliphatic hydroxyl groups is 1. The fraction of sp³-hybridized carbons (Fsp3) is 0.481. The minimum atomic E-state index is -1.37. The molecule has 2 aromatic rings. The van der Waals surface area contributed by atoms with Gasteiger partial charge in [-0.2, -0.15) is 4.55 Å². The molecule has 0 saturated carbocycles. The first-order valence-corrected chi connectivity index (χ1v) is 13.8. The van der Waals surface area contributed by atoms with Crippen LogP contribution in [0.1, 0.15) is 64.2 Å². The Labute approximate surface area is 207 Å². The number of unbranched alkanes of at least 4 members (excludes halogenated alkanes) is 1. The number of hydrogen-bond acceptors (Lipinski definition) is 3. The smallest absolute Gasteiger partial charge is 0.152 e. The van der Waals surface area contributed by atoms with Crippen LogP contribution < -0.4 is 4.31 Å². The third kappa shape index (κ3) is 10.4. The summed E-state index contributed by atoms with van der Waals surface area (Å²) in [7, 11) is -1.37. The van der Waals surface area contributed by atoms with Crippen molar-refractivity contribution in [1.29, 1.82) is 0 Å². The Hall–Kier alpha value is -1.78. The van der Waals surface area contributed by atoms with Crippen molar-refractivity contribution in [2.75, 3.05) is 16.6 Å². The summed E-state index contributed by atoms with van der Waals surface area (Å²) in [4.78, 5) is 0.748. The standard InChI is InChI=1S/C23H34NO3S2.C2H6.C2H2/c1-18-9-12-21(13-10-18)29(27)24(14-6-7-15-28(26)23(3,4)5)22-16-19(2)8-11-20(22)17-25;2*1-2/h8-13,16,25-26H,6-7,14-15,17H2,1-5H3;1-2H3;1-2H/q+1;;. The first kappa shape index (κ1) is 31.2. The zero-order valence-electron chi connectivity index (χ0n) is 21.3. The summed E-state index contributed by atoms with van der Waals surface area (Å²) < 4.78 is 25.5. The van der Waals surface area contributed by atoms with E-state index in [1.54, 1.807) is 0 Å². The summed E-state index contributed by atoms with van der Waals surface area (Å²) in [5.74, 6) is 0.745. The van der Waals surface area contributed by atoms with Crippen LogP contribution in [0, 0.1) is 26.7 Å². The average molecular weight is 493 g/mol. The maximum absolute atomic E-state index is 13.4. The Morgan fingerprint density at radius 3 is 2.03 bits per heavy atom. The minimum absolute atomic E-state index is 0.0959. The molecule has 2 rings (SSSR count). The summed E-state index contributed by atoms with van der Waals surface area (Å²) >= 11 is -0.640. The Kier molecular flexibility index (Phi) is 15.1. The van der Waals surface area contributed by atoms with E-state index in [4.69, 9.17) is 0 Å². The van der Waals surface area contributed by atoms with Gasteiger partial charge in [-0.15, -0.1) is 12.8 Å². The van der Waals surface area contributed by atoms with E-state index in [0.29, 0.717) is 6.54 Å². The van der Waals surface area contributed by atoms with Crippen molar-refractivity contribution in [3.63, 3.8) is 0 Å². The molecule has 0 heterocycles. The van der Waals surface area contributed by atoms with Crippen molar-refractivity contribution < 1.29 is 13.9 Å². The van der Waals surface area contributed by atoms with Crippen LogP contribution in [0.2, 0.25) is 0 Å². The van der Waals surface area contributed by atoms with Gasteiger partial charge < -0.3 is 5.11 Å². The first-order chi connectivity index (χ1) is 15.6. The monoisotopic (exact) mass is 492 g/mol. The van der Waals surface area contributed by atoms with Crippen LogP contribution in [0.15, 0.2) is 47.4 Å². The molecule has 2 atom stereocenters. The number of rotatable bonds is 9. The number of nitrogens with zero attached hydrogens (tertiary/aromatic N) is 1. The number of anilines is 1. The quantitative estimate of drug-likeness (QED) is 0.246. The van der Waals surface area contributed by atoms with Crippen LogP contribution in [-0.4, -0.2) is 30.9 Å². The zero-order chi connectivity index (χ0) is 25.6. The van der Waals surface area contributed by atoms with E-state index in [1.807, 2.05) is 74.5 Å². The van der Waals surface area contributed by atoms with E-state index in [2.05, 4.69) is 33.6 Å². The van der Waals surface area contributed by atoms with Crippen molar-refractivity contribution in [2.45, 2.75) is 77.6 Å². The molecule has 0 aromatic heterocycles. The normalized spacial score (nSPS) is 12.5. The molecule has 2 unspecified atom stereocenters. The fourth-order valence-electron chi connectivity index (χ4n) is 2.91. The first-order valence-electron chi connectivity index (χ1n) is 11.3. The highest BCUT2D eigenvalue weighted by Crippen LogP contribution is 2.27. The molecule has 0 aliphatic rings. The molecule has 2 aromatic carbocycles. The van der Waals surface area contributed by atoms with Crippen LogP contribution in [0.25, 0.3) is 0 Å². The molecule has 0 aliphatic heterocycles. The highest BCUT2D eigenvalue weighted by atomic mass is 32.2. The lowest BCUT2D eigenvalue weighted by Crippen LogP contribution is -2.31. The molecule has 0 aliphatic carbocycles. The number of aryl methyl sites for hydroxylation is 2. The maximum atomic E-state index is 13.4. The number of hydrogen-bond donors (Lipinski definition) is 2. The van der Waals surface area contributed by atoms with Gasteiger partial charge in [-0.1, -0.05) is 43.7 Å². The SMILES string of the molecule is C#C.CC.Cc1ccc(S(=O)N(CCCC[S+](O)C(C)(C)C)c2cc(C)ccc2CO)cc1. The summed E-state index contributed by atoms with van der Waals surface area (Å²) in [5.41, 5.74) is 3.77. The topological polar surface area (TPSA) is 60.8 Å². The Morgan fingerprint density at radius 1 is 0.970 bits per heavy atom. The molecule has 184 valence electrons. The number of benzene rings is 2. The molecule has 33 heavy (non-hydrogen) atoms. The van der Waals surface area contributed by atoms with Crippen molar-refractivity contribution in [1.82, 2.24) is 0 Å². The second-order valence-corrected chi connectivity index (χ2v) is 12.1. The van der Waals surface area contributed by atoms with Crippen molar-refractivity contribution in [3.8, 4) is 12.8 Å². The number of aliphatic hydroxyl groups excluding tert-OH is 1. The van der Waals surface area contributed by atoms with E-state index >= 15 is 0 Å². The zero-order valence-corrected chi connectivity index (χ0v) is 22.9. The highest BCUT2D eigenvalue weighted by Gasteiger charge is 2.32. The molecule has 0 radical (unpaired) electrons. The van der Waals surface area contributed by atoms with Crippen LogP contribution in [-0.2, 0) is 28.8 Å². The lowest BCUT2D eigenvalue weighted by Gasteiger charge is -2.26. The molecule has 0 saturated heterocycles. The second-order valence-electron chi connectivity index (χ2n) is 8.34. The minimum Gasteiger partial charge on any atom is -0.392 e. The predicted octanol–water partition coefficient (Wildman–Crippen LogP) is 6.27. The molecule has 4 nitrogen and oxygen atoms in total. The van der Waals surface area contributed by atoms with Crippen LogP contribution in [0.5, 0.6) is 0 Å². The molecule has 0 fully saturated rings. The molecule has 0 spiro atoms. The molecule has 6 heteroatoms. The van der Waals surface area contributed by atoms with E-state index in [-0.39, 0.29) is 11.4 Å². The van der Waals surface area contributed by atoms with E-state index in [1.165, 1.54) is 0 Å². The Balaban J connectivity index is 0.00000242. The van der Waals surface area contributed by atoms with Gasteiger partial charge in [0.15, 0.2) is 15.7 Å². The van der Waals surface area contributed by atoms with Gasteiger partial charge >= 0.3 is 0 Å². The molecule has 0 amide bonds. The van der Waals surface area contributed by atoms with Gasteiger partial charge in [0.1, 0.15) is 16.9 Å². The van der Waals surface area contributed by atoms with Crippen molar-refractivity contribution >= 4 is 27.8 Å². The Morgan fingerprint density at radius 2 is 1.52 bits per heavy atom. The van der Waals surface area contributed by atoms with Crippen LogP contribution in [0.4, 0.5) is 5.69 Å². The van der Waals surface area contributed by atoms with E-state index in [9.17, 15) is 13.9 Å². The van der Waals surface area contributed by atoms with Gasteiger partial charge in [0, 0.05) is 12.1 Å². The van der Waals surface area contributed by atoms with E-state index in [0.717, 1.165) is 45.9 Å². The lowest BCUT2D eigenvalue weighted by molar-refractivity contribution is 0.282. The Bertz CT molecular complexity index is 858. The third-order valence-electron chi connectivity index (χ3n) is 4.76. The van der Waals surface area contributed by atoms with Gasteiger partial charge in [0.2, 0.25) is 0 Å². The van der Waals surface area contributed by atoms with Crippen LogP contribution >= 0.6 is 0 Å². The third-order valence-corrected chi connectivity index (χ3v) is 8.30. The number of terminal acetylenes is 1. The molecule has 2 N–H and O–H groups in total. The van der Waals surface area contributed by atoms with Crippen molar-refractivity contribution in [3.05, 3.63) is 59.2 Å². The van der Waals surface area contributed by atoms with E-state index < -0.39 is 22.2 Å². The largest absolute Gasteiger partial charge is 0.392 e. The molecular weight excluding hydrogens is 450 g/mol. The highest BCUT2D eigenvalue weighted by molar-refractivity contribution is 7.92. The summed E-state index contributed by atoms with van der Waals surface area (Å²) in [5, 5.41) is 9.82. The van der Waals surface area contributed by atoms with Crippen LogP contribution in [0.3, 0.4) is 0 Å². The average Bonchev–Trinajstić information content (AvgIpc) is 2.81. The predicted molar refractivity (Wildman–Crippen MR) is 147 cm³/mol. The fourth-order valence-corrected chi connectivity index (χ4v) is 5.27. The summed E-state index contributed by atoms with van der Waals surface area (Å²) in [6.07, 6.45) is 9.68. The van der Waals surface area contributed by atoms with Gasteiger partial charge in [0.05, 0.1) is 17.2 Å². The maximum Gasteiger partial charge on any atom is 0.152 e. The van der Waals surface area contributed by atoms with Crippen molar-refractivity contribution in [2.24, 2.45) is 0 Å². The lowest BCUT2D eigenvalue weighted by atomic mass is 10.1.